The van der Waals surface area contributed by atoms with Crippen LogP contribution in [0.15, 0.2) is 78.2 Å². The van der Waals surface area contributed by atoms with Crippen molar-refractivity contribution in [3.8, 4) is 0 Å². The Hall–Kier alpha value is -3.22. The molecule has 1 fully saturated rings. The molecule has 3 heterocycles. The second kappa shape index (κ2) is 9.73. The van der Waals surface area contributed by atoms with Crippen LogP contribution in [0.5, 0.6) is 0 Å². The number of rotatable bonds is 6. The quantitative estimate of drug-likeness (QED) is 0.388. The number of amides is 1. The van der Waals surface area contributed by atoms with Gasteiger partial charge in [-0.3, -0.25) is 9.69 Å². The molecule has 33 heavy (non-hydrogen) atoms. The fourth-order valence-corrected chi connectivity index (χ4v) is 5.22. The summed E-state index contributed by atoms with van der Waals surface area (Å²) in [5, 5.41) is 3.09. The lowest BCUT2D eigenvalue weighted by Crippen LogP contribution is -2.49. The Kier molecular flexibility index (Phi) is 6.37. The fourth-order valence-electron chi connectivity index (χ4n) is 4.32. The Bertz CT molecular complexity index is 1270. The molecular weight excluding hydrogens is 433 g/mol. The van der Waals surface area contributed by atoms with Crippen LogP contribution >= 0.6 is 11.3 Å². The minimum absolute atomic E-state index is 0.0503. The van der Waals surface area contributed by atoms with Crippen LogP contribution in [0.2, 0.25) is 0 Å². The van der Waals surface area contributed by atoms with Crippen LogP contribution in [0.4, 0.5) is 4.39 Å². The van der Waals surface area contributed by atoms with Crippen LogP contribution in [0, 0.1) is 5.82 Å². The number of carbonyl (C=O) groups is 1. The number of thiophene rings is 1. The normalized spacial score (nSPS) is 15.0. The molecule has 4 nitrogen and oxygen atoms in total. The number of nitrogens with zero attached hydrogens (tertiary/aromatic N) is 3. The molecular formula is C27H26FN3OS. The first kappa shape index (κ1) is 21.6. The van der Waals surface area contributed by atoms with Crippen molar-refractivity contribution in [2.45, 2.75) is 6.54 Å². The Morgan fingerprint density at radius 3 is 2.58 bits per heavy atom. The third-order valence-corrected chi connectivity index (χ3v) is 7.04. The maximum atomic E-state index is 13.7. The van der Waals surface area contributed by atoms with E-state index in [2.05, 4.69) is 29.2 Å². The third kappa shape index (κ3) is 4.92. The van der Waals surface area contributed by atoms with E-state index >= 15 is 0 Å². The molecule has 0 spiro atoms. The van der Waals surface area contributed by atoms with Crippen LogP contribution < -0.4 is 0 Å². The molecule has 0 unspecified atom stereocenters. The summed E-state index contributed by atoms with van der Waals surface area (Å²) in [5.74, 6) is -0.207. The van der Waals surface area contributed by atoms with Crippen molar-refractivity contribution in [1.82, 2.24) is 14.4 Å². The molecule has 0 saturated carbocycles. The minimum atomic E-state index is -0.257. The average molecular weight is 460 g/mol. The van der Waals surface area contributed by atoms with Crippen molar-refractivity contribution in [2.75, 3.05) is 32.7 Å². The summed E-state index contributed by atoms with van der Waals surface area (Å²) in [6.45, 7) is 4.47. The molecule has 0 aliphatic carbocycles. The van der Waals surface area contributed by atoms with Crippen molar-refractivity contribution < 1.29 is 9.18 Å². The summed E-state index contributed by atoms with van der Waals surface area (Å²) < 4.78 is 15.8. The Balaban J connectivity index is 1.26. The summed E-state index contributed by atoms with van der Waals surface area (Å²) in [6, 6.07) is 20.9. The van der Waals surface area contributed by atoms with Gasteiger partial charge in [-0.05, 0) is 40.8 Å². The maximum absolute atomic E-state index is 13.7. The first-order valence-corrected chi connectivity index (χ1v) is 12.1. The zero-order chi connectivity index (χ0) is 22.6. The van der Waals surface area contributed by atoms with Crippen molar-refractivity contribution in [1.29, 1.82) is 0 Å². The highest BCUT2D eigenvalue weighted by atomic mass is 32.1. The van der Waals surface area contributed by atoms with Gasteiger partial charge in [0, 0.05) is 44.7 Å². The van der Waals surface area contributed by atoms with E-state index in [4.69, 9.17) is 0 Å². The van der Waals surface area contributed by atoms with Gasteiger partial charge in [0.15, 0.2) is 0 Å². The minimum Gasteiger partial charge on any atom is -0.335 e. The van der Waals surface area contributed by atoms with E-state index in [9.17, 15) is 9.18 Å². The van der Waals surface area contributed by atoms with Crippen LogP contribution in [0.1, 0.15) is 21.6 Å². The molecule has 2 aromatic heterocycles. The number of hydrogen-bond acceptors (Lipinski definition) is 3. The Morgan fingerprint density at radius 2 is 1.79 bits per heavy atom. The molecule has 2 aromatic carbocycles. The predicted octanol–water partition coefficient (Wildman–Crippen LogP) is 5.36. The van der Waals surface area contributed by atoms with Crippen molar-refractivity contribution >= 4 is 33.5 Å². The van der Waals surface area contributed by atoms with Gasteiger partial charge in [0.1, 0.15) is 16.3 Å². The topological polar surface area (TPSA) is 28.5 Å². The Labute approximate surface area is 197 Å². The molecule has 1 amide bonds. The maximum Gasteiger partial charge on any atom is 0.270 e. The number of piperazine rings is 1. The lowest BCUT2D eigenvalue weighted by Gasteiger charge is -2.34. The zero-order valence-corrected chi connectivity index (χ0v) is 19.2. The van der Waals surface area contributed by atoms with Gasteiger partial charge in [0.05, 0.1) is 0 Å². The lowest BCUT2D eigenvalue weighted by molar-refractivity contribution is 0.0640. The van der Waals surface area contributed by atoms with Crippen LogP contribution in [-0.4, -0.2) is 53.0 Å². The van der Waals surface area contributed by atoms with Crippen LogP contribution in [0.3, 0.4) is 0 Å². The summed E-state index contributed by atoms with van der Waals surface area (Å²) in [7, 11) is 0. The first-order valence-electron chi connectivity index (χ1n) is 11.2. The number of fused-ring (bicyclic) bond motifs is 1. The van der Waals surface area contributed by atoms with Crippen molar-refractivity contribution in [3.63, 3.8) is 0 Å². The molecule has 1 aliphatic heterocycles. The number of carbonyl (C=O) groups excluding carboxylic acids is 1. The third-order valence-electron chi connectivity index (χ3n) is 6.08. The van der Waals surface area contributed by atoms with E-state index in [1.54, 1.807) is 17.4 Å². The lowest BCUT2D eigenvalue weighted by atomic mass is 10.2. The molecule has 0 radical (unpaired) electrons. The molecule has 6 heteroatoms. The van der Waals surface area contributed by atoms with Gasteiger partial charge in [0.2, 0.25) is 0 Å². The van der Waals surface area contributed by atoms with Gasteiger partial charge in [0.25, 0.3) is 5.91 Å². The highest BCUT2D eigenvalue weighted by Crippen LogP contribution is 2.27. The molecule has 1 aliphatic rings. The van der Waals surface area contributed by atoms with E-state index in [-0.39, 0.29) is 11.7 Å². The predicted molar refractivity (Wildman–Crippen MR) is 133 cm³/mol. The number of benzene rings is 2. The van der Waals surface area contributed by atoms with E-state index in [0.29, 0.717) is 25.3 Å². The summed E-state index contributed by atoms with van der Waals surface area (Å²) in [6.07, 6.45) is 4.33. The number of aromatic nitrogens is 1. The second-order valence-electron chi connectivity index (χ2n) is 8.33. The van der Waals surface area contributed by atoms with Gasteiger partial charge in [-0.2, -0.15) is 0 Å². The average Bonchev–Trinajstić information content (AvgIpc) is 3.43. The summed E-state index contributed by atoms with van der Waals surface area (Å²) in [5.41, 5.74) is 2.73. The second-order valence-corrected chi connectivity index (χ2v) is 9.23. The SMILES string of the molecule is O=C(c1cc2ccsc2n1Cc1cccc(F)c1)N1CCN(C/C=C/c2ccccc2)CC1. The highest BCUT2D eigenvalue weighted by molar-refractivity contribution is 7.16. The molecule has 5 rings (SSSR count). The van der Waals surface area contributed by atoms with Gasteiger partial charge in [-0.25, -0.2) is 4.39 Å². The highest BCUT2D eigenvalue weighted by Gasteiger charge is 2.25. The van der Waals surface area contributed by atoms with E-state index in [1.165, 1.54) is 17.7 Å². The van der Waals surface area contributed by atoms with Gasteiger partial charge in [-0.1, -0.05) is 54.6 Å². The van der Waals surface area contributed by atoms with E-state index < -0.39 is 0 Å². The van der Waals surface area contributed by atoms with Gasteiger partial charge >= 0.3 is 0 Å². The number of halogens is 1. The molecule has 168 valence electrons. The fraction of sp³-hybridized carbons (Fsp3) is 0.222. The molecule has 1 saturated heterocycles. The standard InChI is InChI=1S/C27H26FN3OS/c28-24-10-4-8-22(18-24)20-31-25(19-23-11-17-33-27(23)31)26(32)30-15-13-29(14-16-30)12-5-9-21-6-2-1-3-7-21/h1-11,17-19H,12-16,20H2/b9-5+. The Morgan fingerprint density at radius 1 is 0.970 bits per heavy atom. The monoisotopic (exact) mass is 459 g/mol. The van der Waals surface area contributed by atoms with E-state index in [1.807, 2.05) is 51.2 Å². The molecule has 4 aromatic rings. The summed E-state index contributed by atoms with van der Waals surface area (Å²) in [4.78, 5) is 18.8. The van der Waals surface area contributed by atoms with Gasteiger partial charge in [-0.15, -0.1) is 11.3 Å². The van der Waals surface area contributed by atoms with Crippen LogP contribution in [-0.2, 0) is 6.54 Å². The number of hydrogen-bond donors (Lipinski definition) is 0. The first-order chi connectivity index (χ1) is 16.2. The van der Waals surface area contributed by atoms with Gasteiger partial charge < -0.3 is 9.47 Å². The van der Waals surface area contributed by atoms with Crippen molar-refractivity contribution in [2.24, 2.45) is 0 Å². The van der Waals surface area contributed by atoms with E-state index in [0.717, 1.165) is 35.4 Å². The smallest absolute Gasteiger partial charge is 0.270 e. The van der Waals surface area contributed by atoms with Crippen LogP contribution in [0.25, 0.3) is 16.3 Å². The molecule has 0 N–H and O–H groups in total. The van der Waals surface area contributed by atoms with Crippen molar-refractivity contribution in [3.05, 3.63) is 101 Å². The summed E-state index contributed by atoms with van der Waals surface area (Å²) >= 11 is 1.61. The zero-order valence-electron chi connectivity index (χ0n) is 18.4. The largest absolute Gasteiger partial charge is 0.335 e. The molecule has 0 bridgehead atoms. The molecule has 0 atom stereocenters.